The van der Waals surface area contributed by atoms with E-state index in [0.717, 1.165) is 0 Å². The van der Waals surface area contributed by atoms with Crippen LogP contribution in [-0.2, 0) is 24.2 Å². The SMILES string of the molecule is CCC(NC(=O)C(CS(=O)(=O)CC1CC1)NCC(F)(F)C(F)(F)C(F)(F)F)C(=O)C(=O)NC1CC1. The Balaban J connectivity index is 2.16. The van der Waals surface area contributed by atoms with Crippen molar-refractivity contribution in [3.63, 3.8) is 0 Å². The highest BCUT2D eigenvalue weighted by atomic mass is 32.2. The van der Waals surface area contributed by atoms with Crippen LogP contribution in [0.4, 0.5) is 30.7 Å². The highest BCUT2D eigenvalue weighted by Gasteiger charge is 2.72. The molecule has 0 radical (unpaired) electrons. The summed E-state index contributed by atoms with van der Waals surface area (Å²) in [6.07, 6.45) is -4.38. The minimum atomic E-state index is -6.61. The van der Waals surface area contributed by atoms with Crippen molar-refractivity contribution in [2.24, 2.45) is 5.92 Å². The molecule has 16 heteroatoms. The topological polar surface area (TPSA) is 121 Å². The fourth-order valence-corrected chi connectivity index (χ4v) is 5.00. The average Bonchev–Trinajstić information content (AvgIpc) is 3.65. The molecule has 35 heavy (non-hydrogen) atoms. The number of halogens is 7. The zero-order valence-electron chi connectivity index (χ0n) is 18.6. The highest BCUT2D eigenvalue weighted by Crippen LogP contribution is 2.46. The Morgan fingerprint density at radius 1 is 0.943 bits per heavy atom. The molecule has 2 aliphatic carbocycles. The predicted molar refractivity (Wildman–Crippen MR) is 108 cm³/mol. The van der Waals surface area contributed by atoms with Crippen molar-refractivity contribution in [2.75, 3.05) is 18.1 Å². The molecule has 0 aromatic heterocycles. The van der Waals surface area contributed by atoms with E-state index in [9.17, 15) is 53.5 Å². The zero-order valence-corrected chi connectivity index (χ0v) is 19.4. The van der Waals surface area contributed by atoms with Crippen LogP contribution in [-0.4, -0.2) is 80.2 Å². The Labute approximate surface area is 196 Å². The summed E-state index contributed by atoms with van der Waals surface area (Å²) in [5.41, 5.74) is 0. The number of Topliss-reactive ketones (excluding diaryl/α,β-unsaturated/α-hetero) is 1. The van der Waals surface area contributed by atoms with Crippen molar-refractivity contribution in [1.82, 2.24) is 16.0 Å². The number of nitrogens with one attached hydrogen (secondary N) is 3. The van der Waals surface area contributed by atoms with E-state index in [1.165, 1.54) is 12.2 Å². The first-order valence-electron chi connectivity index (χ1n) is 10.8. The van der Waals surface area contributed by atoms with Gasteiger partial charge in [-0.25, -0.2) is 8.42 Å². The van der Waals surface area contributed by atoms with E-state index in [-0.39, 0.29) is 18.4 Å². The molecule has 2 saturated carbocycles. The second-order valence-electron chi connectivity index (χ2n) is 8.81. The van der Waals surface area contributed by atoms with Crippen molar-refractivity contribution >= 4 is 27.4 Å². The molecule has 0 spiro atoms. The van der Waals surface area contributed by atoms with Gasteiger partial charge in [0.1, 0.15) is 6.04 Å². The Kier molecular flexibility index (Phi) is 8.83. The second kappa shape index (κ2) is 10.6. The molecule has 2 unspecified atom stereocenters. The minimum absolute atomic E-state index is 0.174. The summed E-state index contributed by atoms with van der Waals surface area (Å²) in [6, 6.07) is -3.91. The van der Waals surface area contributed by atoms with Crippen molar-refractivity contribution < 1.29 is 53.5 Å². The summed E-state index contributed by atoms with van der Waals surface area (Å²) in [4.78, 5) is 36.9. The summed E-state index contributed by atoms with van der Waals surface area (Å²) in [6.45, 7) is -1.01. The smallest absolute Gasteiger partial charge is 0.347 e. The van der Waals surface area contributed by atoms with Crippen LogP contribution in [0.15, 0.2) is 0 Å². The van der Waals surface area contributed by atoms with Crippen LogP contribution in [0.25, 0.3) is 0 Å². The summed E-state index contributed by atoms with van der Waals surface area (Å²) < 4.78 is 116. The molecule has 2 amide bonds. The molecule has 0 aromatic carbocycles. The van der Waals surface area contributed by atoms with Gasteiger partial charge in [0.05, 0.1) is 24.1 Å². The number of ketones is 1. The van der Waals surface area contributed by atoms with Crippen LogP contribution in [0, 0.1) is 5.92 Å². The number of carbonyl (C=O) groups is 3. The molecule has 2 aliphatic rings. The number of hydrogen-bond donors (Lipinski definition) is 3. The molecular weight excluding hydrogens is 515 g/mol. The Hall–Kier alpha value is -1.97. The van der Waals surface area contributed by atoms with Crippen LogP contribution in [0.1, 0.15) is 39.0 Å². The minimum Gasteiger partial charge on any atom is -0.347 e. The molecule has 2 fully saturated rings. The lowest BCUT2D eigenvalue weighted by molar-refractivity contribution is -0.352. The number of hydrogen-bond acceptors (Lipinski definition) is 6. The van der Waals surface area contributed by atoms with Gasteiger partial charge in [0.2, 0.25) is 11.7 Å². The van der Waals surface area contributed by atoms with Gasteiger partial charge >= 0.3 is 18.0 Å². The van der Waals surface area contributed by atoms with Crippen LogP contribution in [0.3, 0.4) is 0 Å². The highest BCUT2D eigenvalue weighted by molar-refractivity contribution is 7.91. The van der Waals surface area contributed by atoms with Gasteiger partial charge in [0, 0.05) is 6.04 Å². The standard InChI is InChI=1S/C19H26F7N3O5S/c1-2-12(14(30)16(32)28-11-5-6-11)29-15(31)13(8-35(33,34)7-10-3-4-10)27-9-17(20,21)18(22,23)19(24,25)26/h10-13,27H,2-9H2,1H3,(H,28,32)(H,29,31). The summed E-state index contributed by atoms with van der Waals surface area (Å²) >= 11 is 0. The Morgan fingerprint density at radius 3 is 1.97 bits per heavy atom. The van der Waals surface area contributed by atoms with Crippen molar-refractivity contribution in [2.45, 2.75) is 75.2 Å². The molecule has 2 rings (SSSR count). The Morgan fingerprint density at radius 2 is 1.51 bits per heavy atom. The molecule has 0 aromatic rings. The van der Waals surface area contributed by atoms with Gasteiger partial charge < -0.3 is 10.6 Å². The van der Waals surface area contributed by atoms with Gasteiger partial charge in [-0.15, -0.1) is 0 Å². The number of carbonyl (C=O) groups excluding carboxylic acids is 3. The lowest BCUT2D eigenvalue weighted by Gasteiger charge is -2.30. The fourth-order valence-electron chi connectivity index (χ4n) is 3.03. The largest absolute Gasteiger partial charge is 0.459 e. The molecule has 202 valence electrons. The third-order valence-corrected chi connectivity index (χ3v) is 7.31. The average molecular weight is 541 g/mol. The first kappa shape index (κ1) is 29.3. The quantitative estimate of drug-likeness (QED) is 0.226. The van der Waals surface area contributed by atoms with E-state index < -0.39 is 75.6 Å². The van der Waals surface area contributed by atoms with Crippen LogP contribution in [0.5, 0.6) is 0 Å². The van der Waals surface area contributed by atoms with Crippen molar-refractivity contribution in [3.8, 4) is 0 Å². The lowest BCUT2D eigenvalue weighted by atomic mass is 10.1. The third kappa shape index (κ3) is 8.02. The Bertz CT molecular complexity index is 918. The van der Waals surface area contributed by atoms with E-state index in [4.69, 9.17) is 0 Å². The van der Waals surface area contributed by atoms with Gasteiger partial charge in [0.25, 0.3) is 5.91 Å². The summed E-state index contributed by atoms with van der Waals surface area (Å²) in [5, 5.41) is 5.87. The number of sulfone groups is 1. The van der Waals surface area contributed by atoms with Crippen LogP contribution >= 0.6 is 0 Å². The van der Waals surface area contributed by atoms with Gasteiger partial charge in [-0.2, -0.15) is 30.7 Å². The van der Waals surface area contributed by atoms with Gasteiger partial charge in [0.15, 0.2) is 9.84 Å². The molecule has 0 bridgehead atoms. The lowest BCUT2D eigenvalue weighted by Crippen LogP contribution is -2.60. The fraction of sp³-hybridized carbons (Fsp3) is 0.842. The van der Waals surface area contributed by atoms with E-state index in [0.29, 0.717) is 25.7 Å². The molecule has 2 atom stereocenters. The third-order valence-electron chi connectivity index (χ3n) is 5.49. The molecule has 0 aliphatic heterocycles. The van der Waals surface area contributed by atoms with E-state index in [1.54, 1.807) is 0 Å². The van der Waals surface area contributed by atoms with E-state index >= 15 is 0 Å². The number of amides is 2. The maximum atomic E-state index is 13.7. The first-order valence-corrected chi connectivity index (χ1v) is 12.6. The van der Waals surface area contributed by atoms with Crippen molar-refractivity contribution in [3.05, 3.63) is 0 Å². The summed E-state index contributed by atoms with van der Waals surface area (Å²) in [5.74, 6) is -17.6. The van der Waals surface area contributed by atoms with Gasteiger partial charge in [-0.3, -0.25) is 19.7 Å². The van der Waals surface area contributed by atoms with Crippen molar-refractivity contribution in [1.29, 1.82) is 0 Å². The molecule has 0 saturated heterocycles. The van der Waals surface area contributed by atoms with Crippen LogP contribution in [0.2, 0.25) is 0 Å². The molecular formula is C19H26F7N3O5S. The number of rotatable bonds is 14. The second-order valence-corrected chi connectivity index (χ2v) is 11.0. The molecule has 0 heterocycles. The maximum Gasteiger partial charge on any atom is 0.459 e. The van der Waals surface area contributed by atoms with E-state index in [2.05, 4.69) is 5.32 Å². The van der Waals surface area contributed by atoms with Gasteiger partial charge in [-0.1, -0.05) is 6.92 Å². The van der Waals surface area contributed by atoms with E-state index in [1.807, 2.05) is 5.32 Å². The first-order chi connectivity index (χ1) is 15.9. The zero-order chi connectivity index (χ0) is 26.8. The normalized spacial score (nSPS) is 19.1. The number of alkyl halides is 7. The monoisotopic (exact) mass is 541 g/mol. The van der Waals surface area contributed by atoms with Gasteiger partial charge in [-0.05, 0) is 38.0 Å². The molecule has 8 nitrogen and oxygen atoms in total. The van der Waals surface area contributed by atoms with Crippen LogP contribution < -0.4 is 16.0 Å². The maximum absolute atomic E-state index is 13.7. The summed E-state index contributed by atoms with van der Waals surface area (Å²) in [7, 11) is -4.12. The predicted octanol–water partition coefficient (Wildman–Crippen LogP) is 1.34. The molecule has 3 N–H and O–H groups in total.